The van der Waals surface area contributed by atoms with Gasteiger partial charge in [-0.3, -0.25) is 15.1 Å². The molecule has 8 nitrogen and oxygen atoms in total. The number of fused-ring (bicyclic) bond motifs is 1. The Balaban J connectivity index is 1.36. The van der Waals surface area contributed by atoms with Crippen molar-refractivity contribution in [3.05, 3.63) is 48.4 Å². The van der Waals surface area contributed by atoms with Crippen molar-refractivity contribution in [3.8, 4) is 11.3 Å². The Morgan fingerprint density at radius 2 is 1.77 bits per heavy atom. The normalized spacial score (nSPS) is 25.4. The Kier molecular flexibility index (Phi) is 4.03. The van der Waals surface area contributed by atoms with Crippen LogP contribution in [0.15, 0.2) is 47.5 Å². The summed E-state index contributed by atoms with van der Waals surface area (Å²) in [6.45, 7) is 0.339. The first-order valence-electron chi connectivity index (χ1n) is 9.62. The fraction of sp³-hybridized carbons (Fsp3) is 0.350. The number of carbonyl (C=O) groups is 2. The number of pyridine rings is 1. The summed E-state index contributed by atoms with van der Waals surface area (Å²) in [5.41, 5.74) is -0.397. The molecule has 1 saturated carbocycles. The van der Waals surface area contributed by atoms with E-state index in [2.05, 4.69) is 15.6 Å². The quantitative estimate of drug-likeness (QED) is 0.720. The lowest BCUT2D eigenvalue weighted by molar-refractivity contribution is -0.131. The molecule has 2 aromatic rings. The topological polar surface area (TPSA) is 108 Å². The van der Waals surface area contributed by atoms with Gasteiger partial charge in [0, 0.05) is 30.3 Å². The third-order valence-corrected chi connectivity index (χ3v) is 8.30. The number of aromatic nitrogens is 1. The first-order valence-corrected chi connectivity index (χ1v) is 11.1. The standard InChI is InChI=1S/C20H19FN4O4S/c21-14-4-2-13(3-5-14)16-7-6-15(10-22-16)30(28,29)25-11-19(12-25)8-1-9-20(19)17(26)23-18(27)24-20/h2-7,10H,1,8-9,11-12H2,(H2,23,24,26,27). The number of nitrogens with zero attached hydrogens (tertiary/aromatic N) is 2. The second kappa shape index (κ2) is 6.32. The van der Waals surface area contributed by atoms with Crippen molar-refractivity contribution >= 4 is 22.0 Å². The molecular weight excluding hydrogens is 411 g/mol. The number of urea groups is 1. The van der Waals surface area contributed by atoms with Crippen LogP contribution in [0.4, 0.5) is 9.18 Å². The number of amides is 3. The highest BCUT2D eigenvalue weighted by atomic mass is 32.2. The van der Waals surface area contributed by atoms with Crippen molar-refractivity contribution in [1.29, 1.82) is 0 Å². The highest BCUT2D eigenvalue weighted by Gasteiger charge is 2.68. The van der Waals surface area contributed by atoms with Crippen LogP contribution in [0.5, 0.6) is 0 Å². The number of imide groups is 1. The molecule has 1 aliphatic carbocycles. The SMILES string of the molecule is O=C1NC(=O)C2(CCCC23CN(S(=O)(=O)c2ccc(-c4ccc(F)cc4)nc2)C3)N1. The lowest BCUT2D eigenvalue weighted by atomic mass is 9.67. The Hall–Kier alpha value is -2.85. The Morgan fingerprint density at radius 1 is 1.03 bits per heavy atom. The summed E-state index contributed by atoms with van der Waals surface area (Å²) in [6, 6.07) is 8.31. The molecule has 2 N–H and O–H groups in total. The zero-order valence-electron chi connectivity index (χ0n) is 15.9. The van der Waals surface area contributed by atoms with E-state index in [1.54, 1.807) is 18.2 Å². The third-order valence-electron chi connectivity index (χ3n) is 6.53. The lowest BCUT2D eigenvalue weighted by Crippen LogP contribution is -2.71. The maximum absolute atomic E-state index is 13.1. The summed E-state index contributed by atoms with van der Waals surface area (Å²) in [5.74, 6) is -0.728. The van der Waals surface area contributed by atoms with E-state index in [4.69, 9.17) is 0 Å². The second-order valence-corrected chi connectivity index (χ2v) is 10.0. The zero-order valence-corrected chi connectivity index (χ0v) is 16.7. The fourth-order valence-corrected chi connectivity index (χ4v) is 6.47. The van der Waals surface area contributed by atoms with Crippen molar-refractivity contribution in [3.63, 3.8) is 0 Å². The average Bonchev–Trinajstić information content (AvgIpc) is 3.21. The van der Waals surface area contributed by atoms with Crippen LogP contribution in [0.3, 0.4) is 0 Å². The van der Waals surface area contributed by atoms with E-state index in [0.29, 0.717) is 24.1 Å². The molecule has 2 saturated heterocycles. The minimum absolute atomic E-state index is 0.0511. The van der Waals surface area contributed by atoms with Gasteiger partial charge in [-0.05, 0) is 55.7 Å². The van der Waals surface area contributed by atoms with Crippen LogP contribution in [0.2, 0.25) is 0 Å². The molecule has 3 fully saturated rings. The van der Waals surface area contributed by atoms with E-state index < -0.39 is 27.0 Å². The zero-order chi connectivity index (χ0) is 21.1. The number of benzene rings is 1. The van der Waals surface area contributed by atoms with E-state index in [-0.39, 0.29) is 29.7 Å². The number of hydrogen-bond donors (Lipinski definition) is 2. The predicted octanol–water partition coefficient (Wildman–Crippen LogP) is 1.64. The van der Waals surface area contributed by atoms with Gasteiger partial charge < -0.3 is 5.32 Å². The number of rotatable bonds is 3. The van der Waals surface area contributed by atoms with Crippen molar-refractivity contribution in [2.45, 2.75) is 29.7 Å². The Labute approximate surface area is 172 Å². The van der Waals surface area contributed by atoms with Gasteiger partial charge in [-0.25, -0.2) is 17.6 Å². The summed E-state index contributed by atoms with van der Waals surface area (Å²) in [4.78, 5) is 28.4. The highest BCUT2D eigenvalue weighted by molar-refractivity contribution is 7.89. The van der Waals surface area contributed by atoms with E-state index >= 15 is 0 Å². The molecule has 3 amide bonds. The minimum atomic E-state index is -3.78. The lowest BCUT2D eigenvalue weighted by Gasteiger charge is -2.53. The summed E-state index contributed by atoms with van der Waals surface area (Å²) >= 11 is 0. The van der Waals surface area contributed by atoms with Crippen molar-refractivity contribution < 1.29 is 22.4 Å². The number of halogens is 1. The average molecular weight is 430 g/mol. The monoisotopic (exact) mass is 430 g/mol. The van der Waals surface area contributed by atoms with Gasteiger partial charge in [0.25, 0.3) is 5.91 Å². The molecule has 1 aromatic carbocycles. The predicted molar refractivity (Wildman–Crippen MR) is 104 cm³/mol. The summed E-state index contributed by atoms with van der Waals surface area (Å²) in [6.07, 6.45) is 3.21. The third kappa shape index (κ3) is 2.60. The summed E-state index contributed by atoms with van der Waals surface area (Å²) in [5, 5.41) is 5.05. The fourth-order valence-electron chi connectivity index (χ4n) is 4.91. The summed E-state index contributed by atoms with van der Waals surface area (Å²) < 4.78 is 40.5. The molecule has 10 heteroatoms. The van der Waals surface area contributed by atoms with Gasteiger partial charge >= 0.3 is 6.03 Å². The van der Waals surface area contributed by atoms with E-state index in [0.717, 1.165) is 6.42 Å². The molecule has 30 heavy (non-hydrogen) atoms. The maximum Gasteiger partial charge on any atom is 0.322 e. The minimum Gasteiger partial charge on any atom is -0.323 e. The number of hydrogen-bond acceptors (Lipinski definition) is 5. The van der Waals surface area contributed by atoms with Crippen molar-refractivity contribution in [2.75, 3.05) is 13.1 Å². The van der Waals surface area contributed by atoms with Gasteiger partial charge in [0.05, 0.1) is 5.69 Å². The molecule has 2 spiro atoms. The van der Waals surface area contributed by atoms with Crippen LogP contribution in [-0.4, -0.2) is 48.3 Å². The van der Waals surface area contributed by atoms with Crippen LogP contribution in [0.25, 0.3) is 11.3 Å². The van der Waals surface area contributed by atoms with E-state index in [1.807, 2.05) is 0 Å². The molecule has 3 heterocycles. The van der Waals surface area contributed by atoms with Gasteiger partial charge in [-0.15, -0.1) is 0 Å². The van der Waals surface area contributed by atoms with Crippen molar-refractivity contribution in [1.82, 2.24) is 19.9 Å². The van der Waals surface area contributed by atoms with Crippen LogP contribution in [-0.2, 0) is 14.8 Å². The Morgan fingerprint density at radius 3 is 2.37 bits per heavy atom. The maximum atomic E-state index is 13.1. The first-order chi connectivity index (χ1) is 14.3. The molecule has 0 bridgehead atoms. The van der Waals surface area contributed by atoms with Crippen LogP contribution in [0.1, 0.15) is 19.3 Å². The van der Waals surface area contributed by atoms with Crippen molar-refractivity contribution in [2.24, 2.45) is 5.41 Å². The molecule has 156 valence electrons. The van der Waals surface area contributed by atoms with Gasteiger partial charge in [-0.2, -0.15) is 4.31 Å². The van der Waals surface area contributed by atoms with E-state index in [1.165, 1.54) is 28.7 Å². The van der Waals surface area contributed by atoms with Gasteiger partial charge in [0.1, 0.15) is 16.3 Å². The second-order valence-electron chi connectivity index (χ2n) is 8.11. The highest BCUT2D eigenvalue weighted by Crippen LogP contribution is 2.54. The van der Waals surface area contributed by atoms with E-state index in [9.17, 15) is 22.4 Å². The van der Waals surface area contributed by atoms with Crippen LogP contribution >= 0.6 is 0 Å². The smallest absolute Gasteiger partial charge is 0.322 e. The van der Waals surface area contributed by atoms with Gasteiger partial charge in [0.2, 0.25) is 10.0 Å². The summed E-state index contributed by atoms with van der Waals surface area (Å²) in [7, 11) is -3.78. The number of nitrogens with one attached hydrogen (secondary N) is 2. The molecule has 3 aliphatic rings. The molecule has 5 rings (SSSR count). The van der Waals surface area contributed by atoms with Crippen LogP contribution < -0.4 is 10.6 Å². The molecule has 1 atom stereocenters. The Bertz CT molecular complexity index is 1140. The van der Waals surface area contributed by atoms with Crippen LogP contribution in [0, 0.1) is 11.2 Å². The molecule has 1 unspecified atom stereocenters. The number of carbonyl (C=O) groups excluding carboxylic acids is 2. The molecule has 0 radical (unpaired) electrons. The largest absolute Gasteiger partial charge is 0.323 e. The molecular formula is C20H19FN4O4S. The first kappa shape index (κ1) is 19.1. The van der Waals surface area contributed by atoms with Gasteiger partial charge in [-0.1, -0.05) is 0 Å². The molecule has 1 aromatic heterocycles. The number of sulfonamides is 1. The molecule has 2 aliphatic heterocycles. The van der Waals surface area contributed by atoms with Gasteiger partial charge in [0.15, 0.2) is 0 Å².